The maximum absolute atomic E-state index is 11.0. The second-order valence-electron chi connectivity index (χ2n) is 2.50. The molecule has 0 heterocycles. The van der Waals surface area contributed by atoms with Gasteiger partial charge in [0.1, 0.15) is 6.04 Å². The van der Waals surface area contributed by atoms with Gasteiger partial charge in [-0.3, -0.25) is 4.79 Å². The molecule has 0 spiro atoms. The summed E-state index contributed by atoms with van der Waals surface area (Å²) < 4.78 is 4.78. The fourth-order valence-electron chi connectivity index (χ4n) is 0.707. The Morgan fingerprint density at radius 1 is 1.64 bits per heavy atom. The van der Waals surface area contributed by atoms with Crippen molar-refractivity contribution >= 4 is 5.97 Å². The lowest BCUT2D eigenvalue weighted by atomic mass is 10.4. The van der Waals surface area contributed by atoms with Gasteiger partial charge in [-0.25, -0.2) is 10.4 Å². The molecule has 0 saturated heterocycles. The summed E-state index contributed by atoms with van der Waals surface area (Å²) >= 11 is 0. The first-order valence-electron chi connectivity index (χ1n) is 3.68. The second-order valence-corrected chi connectivity index (χ2v) is 2.50. The first-order chi connectivity index (χ1) is 5.07. The number of rotatable bonds is 4. The fraction of sp³-hybridized carbons (Fsp3) is 0.857. The molecule has 0 radical (unpaired) electrons. The number of ether oxygens (including phenoxy) is 1. The summed E-state index contributed by atoms with van der Waals surface area (Å²) in [5, 5.41) is 1.72. The third-order valence-corrected chi connectivity index (χ3v) is 1.09. The van der Waals surface area contributed by atoms with Crippen molar-refractivity contribution in [1.82, 2.24) is 10.4 Å². The third-order valence-electron chi connectivity index (χ3n) is 1.09. The topological polar surface area (TPSA) is 41.6 Å². The molecule has 4 heteroatoms. The van der Waals surface area contributed by atoms with Crippen LogP contribution in [-0.2, 0) is 9.53 Å². The maximum atomic E-state index is 11.0. The molecule has 0 saturated carbocycles. The molecule has 0 aromatic heterocycles. The first kappa shape index (κ1) is 10.4. The quantitative estimate of drug-likeness (QED) is 0.464. The van der Waals surface area contributed by atoms with Gasteiger partial charge in [0.05, 0.1) is 6.61 Å². The lowest BCUT2D eigenvalue weighted by molar-refractivity contribution is -0.146. The number of hydrazine groups is 1. The van der Waals surface area contributed by atoms with E-state index in [9.17, 15) is 4.79 Å². The summed E-state index contributed by atoms with van der Waals surface area (Å²) in [4.78, 5) is 11.0. The Bertz CT molecular complexity index is 126. The minimum atomic E-state index is -0.273. The maximum Gasteiger partial charge on any atom is 0.324 e. The van der Waals surface area contributed by atoms with Gasteiger partial charge in [0.15, 0.2) is 0 Å². The highest BCUT2D eigenvalue weighted by molar-refractivity contribution is 5.75. The lowest BCUT2D eigenvalue weighted by Crippen LogP contribution is -2.43. The predicted molar refractivity (Wildman–Crippen MR) is 42.9 cm³/mol. The highest BCUT2D eigenvalue weighted by Crippen LogP contribution is 1.87. The van der Waals surface area contributed by atoms with Crippen molar-refractivity contribution in [3.05, 3.63) is 0 Å². The number of esters is 1. The number of nitrogens with one attached hydrogen (secondary N) is 1. The molecule has 0 aliphatic heterocycles. The monoisotopic (exact) mass is 160 g/mol. The van der Waals surface area contributed by atoms with E-state index >= 15 is 0 Å². The molecule has 0 aliphatic carbocycles. The highest BCUT2D eigenvalue weighted by Gasteiger charge is 2.12. The summed E-state index contributed by atoms with van der Waals surface area (Å²) in [7, 11) is 3.66. The summed E-state index contributed by atoms with van der Waals surface area (Å²) in [6.07, 6.45) is 0. The molecule has 0 amide bonds. The average Bonchev–Trinajstić information content (AvgIpc) is 1.86. The van der Waals surface area contributed by atoms with E-state index in [1.54, 1.807) is 18.9 Å². The van der Waals surface area contributed by atoms with Crippen LogP contribution in [0.4, 0.5) is 0 Å². The molecule has 0 aromatic rings. The molecular weight excluding hydrogens is 144 g/mol. The number of hydrogen-bond donors (Lipinski definition) is 1. The zero-order chi connectivity index (χ0) is 8.85. The van der Waals surface area contributed by atoms with Crippen molar-refractivity contribution in [2.75, 3.05) is 20.7 Å². The van der Waals surface area contributed by atoms with E-state index in [1.165, 1.54) is 0 Å². The van der Waals surface area contributed by atoms with Crippen LogP contribution in [0.5, 0.6) is 0 Å². The van der Waals surface area contributed by atoms with Gasteiger partial charge in [-0.15, -0.1) is 0 Å². The summed E-state index contributed by atoms with van der Waals surface area (Å²) in [6, 6.07) is -0.273. The molecule has 0 bridgehead atoms. The van der Waals surface area contributed by atoms with Crippen LogP contribution in [0.15, 0.2) is 0 Å². The SMILES string of the molecule is CCOC(=O)C(C)NN(C)C. The Labute approximate surface area is 67.5 Å². The Balaban J connectivity index is 3.64. The van der Waals surface area contributed by atoms with Gasteiger partial charge in [0, 0.05) is 14.1 Å². The van der Waals surface area contributed by atoms with Crippen molar-refractivity contribution in [3.8, 4) is 0 Å². The summed E-state index contributed by atoms with van der Waals surface area (Å²) in [6.45, 7) is 3.98. The van der Waals surface area contributed by atoms with Crippen LogP contribution in [0.2, 0.25) is 0 Å². The highest BCUT2D eigenvalue weighted by atomic mass is 16.5. The standard InChI is InChI=1S/C7H16N2O2/c1-5-11-7(10)6(2)8-9(3)4/h6,8H,5H2,1-4H3. The van der Waals surface area contributed by atoms with Crippen molar-refractivity contribution in [1.29, 1.82) is 0 Å². The van der Waals surface area contributed by atoms with Gasteiger partial charge in [-0.2, -0.15) is 0 Å². The van der Waals surface area contributed by atoms with Gasteiger partial charge in [-0.05, 0) is 13.8 Å². The molecule has 66 valence electrons. The van der Waals surface area contributed by atoms with Gasteiger partial charge in [-0.1, -0.05) is 0 Å². The van der Waals surface area contributed by atoms with Gasteiger partial charge < -0.3 is 4.74 Å². The lowest BCUT2D eigenvalue weighted by Gasteiger charge is -2.17. The largest absolute Gasteiger partial charge is 0.465 e. The number of carbonyl (C=O) groups excluding carboxylic acids is 1. The smallest absolute Gasteiger partial charge is 0.324 e. The van der Waals surface area contributed by atoms with Crippen molar-refractivity contribution in [2.45, 2.75) is 19.9 Å². The molecule has 0 aliphatic rings. The molecule has 1 unspecified atom stereocenters. The average molecular weight is 160 g/mol. The van der Waals surface area contributed by atoms with Crippen LogP contribution in [0.1, 0.15) is 13.8 Å². The Morgan fingerprint density at radius 3 is 2.55 bits per heavy atom. The molecule has 1 atom stereocenters. The van der Waals surface area contributed by atoms with Crippen molar-refractivity contribution in [3.63, 3.8) is 0 Å². The zero-order valence-corrected chi connectivity index (χ0v) is 7.55. The normalized spacial score (nSPS) is 13.2. The van der Waals surface area contributed by atoms with E-state index in [0.29, 0.717) is 6.61 Å². The van der Waals surface area contributed by atoms with Crippen LogP contribution < -0.4 is 5.43 Å². The zero-order valence-electron chi connectivity index (χ0n) is 7.55. The molecular formula is C7H16N2O2. The Kier molecular flexibility index (Phi) is 4.81. The molecule has 0 aromatic carbocycles. The summed E-state index contributed by atoms with van der Waals surface area (Å²) in [5.74, 6) is -0.221. The van der Waals surface area contributed by atoms with Crippen LogP contribution in [0.3, 0.4) is 0 Å². The van der Waals surface area contributed by atoms with Crippen LogP contribution in [-0.4, -0.2) is 37.7 Å². The van der Waals surface area contributed by atoms with E-state index < -0.39 is 0 Å². The van der Waals surface area contributed by atoms with Crippen LogP contribution in [0.25, 0.3) is 0 Å². The van der Waals surface area contributed by atoms with Crippen LogP contribution >= 0.6 is 0 Å². The van der Waals surface area contributed by atoms with Crippen LogP contribution in [0, 0.1) is 0 Å². The predicted octanol–water partition coefficient (Wildman–Crippen LogP) is 0.00420. The van der Waals surface area contributed by atoms with E-state index in [2.05, 4.69) is 5.43 Å². The summed E-state index contributed by atoms with van der Waals surface area (Å²) in [5.41, 5.74) is 2.89. The number of nitrogens with zero attached hydrogens (tertiary/aromatic N) is 1. The minimum absolute atomic E-state index is 0.221. The number of hydrogen-bond acceptors (Lipinski definition) is 4. The first-order valence-corrected chi connectivity index (χ1v) is 3.68. The Morgan fingerprint density at radius 2 is 2.18 bits per heavy atom. The third kappa shape index (κ3) is 4.75. The van der Waals surface area contributed by atoms with Gasteiger partial charge in [0.2, 0.25) is 0 Å². The molecule has 0 fully saturated rings. The van der Waals surface area contributed by atoms with E-state index in [4.69, 9.17) is 4.74 Å². The molecule has 0 rings (SSSR count). The Hall–Kier alpha value is -0.610. The van der Waals surface area contributed by atoms with E-state index in [0.717, 1.165) is 0 Å². The van der Waals surface area contributed by atoms with E-state index in [1.807, 2.05) is 14.1 Å². The van der Waals surface area contributed by atoms with Gasteiger partial charge in [0.25, 0.3) is 0 Å². The van der Waals surface area contributed by atoms with E-state index in [-0.39, 0.29) is 12.0 Å². The molecule has 11 heavy (non-hydrogen) atoms. The van der Waals surface area contributed by atoms with Crippen molar-refractivity contribution < 1.29 is 9.53 Å². The molecule has 1 N–H and O–H groups in total. The molecule has 4 nitrogen and oxygen atoms in total. The number of carbonyl (C=O) groups is 1. The van der Waals surface area contributed by atoms with Gasteiger partial charge >= 0.3 is 5.97 Å². The second kappa shape index (κ2) is 5.09. The minimum Gasteiger partial charge on any atom is -0.465 e. The fourth-order valence-corrected chi connectivity index (χ4v) is 0.707. The van der Waals surface area contributed by atoms with Crippen molar-refractivity contribution in [2.24, 2.45) is 0 Å².